The first-order valence-corrected chi connectivity index (χ1v) is 7.62. The number of aromatic nitrogens is 2. The van der Waals surface area contributed by atoms with E-state index in [9.17, 15) is 9.90 Å². The molecule has 26 heavy (non-hydrogen) atoms. The zero-order valence-electron chi connectivity index (χ0n) is 13.3. The first kappa shape index (κ1) is 15.6. The van der Waals surface area contributed by atoms with Crippen LogP contribution in [0.5, 0.6) is 5.75 Å². The van der Waals surface area contributed by atoms with Gasteiger partial charge in [-0.15, -0.1) is 10.2 Å². The van der Waals surface area contributed by atoms with Gasteiger partial charge in [-0.3, -0.25) is 4.40 Å². The molecular formula is C18H12N4O4. The van der Waals surface area contributed by atoms with Crippen LogP contribution in [0.15, 0.2) is 75.6 Å². The minimum Gasteiger partial charge on any atom is -0.504 e. The predicted molar refractivity (Wildman–Crippen MR) is 92.1 cm³/mol. The largest absolute Gasteiger partial charge is 0.504 e. The van der Waals surface area contributed by atoms with E-state index in [-0.39, 0.29) is 11.3 Å². The molecule has 0 saturated carbocycles. The zero-order valence-corrected chi connectivity index (χ0v) is 13.3. The molecule has 0 radical (unpaired) electrons. The summed E-state index contributed by atoms with van der Waals surface area (Å²) in [6.07, 6.45) is 3.20. The molecule has 8 nitrogen and oxygen atoms in total. The Morgan fingerprint density at radius 2 is 2.00 bits per heavy atom. The van der Waals surface area contributed by atoms with E-state index in [2.05, 4.69) is 15.2 Å². The van der Waals surface area contributed by atoms with Crippen molar-refractivity contribution < 1.29 is 19.4 Å². The first-order chi connectivity index (χ1) is 12.6. The molecule has 0 fully saturated rings. The van der Waals surface area contributed by atoms with Gasteiger partial charge >= 0.3 is 5.97 Å². The predicted octanol–water partition coefficient (Wildman–Crippen LogP) is 4.41. The van der Waals surface area contributed by atoms with E-state index in [0.29, 0.717) is 28.6 Å². The van der Waals surface area contributed by atoms with Gasteiger partial charge in [-0.05, 0) is 42.5 Å². The third-order valence-electron chi connectivity index (χ3n) is 3.71. The number of carboxylic acids is 1. The number of aromatic carboxylic acids is 1. The number of rotatable bonds is 4. The van der Waals surface area contributed by atoms with Gasteiger partial charge in [0, 0.05) is 6.20 Å². The van der Waals surface area contributed by atoms with Crippen LogP contribution in [0.3, 0.4) is 0 Å². The van der Waals surface area contributed by atoms with Gasteiger partial charge in [0.05, 0.1) is 17.5 Å². The Hall–Kier alpha value is -3.94. The van der Waals surface area contributed by atoms with Crippen LogP contribution < -0.4 is 0 Å². The van der Waals surface area contributed by atoms with Crippen molar-refractivity contribution in [1.82, 2.24) is 9.38 Å². The smallest absolute Gasteiger partial charge is 0.335 e. The van der Waals surface area contributed by atoms with Crippen LogP contribution >= 0.6 is 0 Å². The molecule has 0 aliphatic rings. The Bertz CT molecular complexity index is 1130. The van der Waals surface area contributed by atoms with E-state index < -0.39 is 5.97 Å². The number of nitrogens with zero attached hydrogens (tertiary/aromatic N) is 4. The summed E-state index contributed by atoms with van der Waals surface area (Å²) < 4.78 is 6.98. The summed E-state index contributed by atoms with van der Waals surface area (Å²) in [7, 11) is 0. The molecule has 128 valence electrons. The zero-order chi connectivity index (χ0) is 18.1. The molecule has 0 bridgehead atoms. The molecule has 2 N–H and O–H groups in total. The molecule has 1 aromatic carbocycles. The molecule has 0 aliphatic carbocycles. The highest BCUT2D eigenvalue weighted by molar-refractivity contribution is 5.88. The van der Waals surface area contributed by atoms with Gasteiger partial charge < -0.3 is 14.6 Å². The number of furan rings is 1. The van der Waals surface area contributed by atoms with Crippen molar-refractivity contribution in [3.05, 3.63) is 66.6 Å². The van der Waals surface area contributed by atoms with Gasteiger partial charge in [-0.2, -0.15) is 0 Å². The molecule has 0 atom stereocenters. The van der Waals surface area contributed by atoms with Crippen LogP contribution in [0.25, 0.3) is 17.1 Å². The molecule has 3 aromatic heterocycles. The van der Waals surface area contributed by atoms with E-state index in [1.165, 1.54) is 24.5 Å². The van der Waals surface area contributed by atoms with Crippen LogP contribution in [0.1, 0.15) is 10.4 Å². The molecular weight excluding hydrogens is 336 g/mol. The number of pyridine rings is 1. The molecule has 0 amide bonds. The molecule has 3 heterocycles. The Balaban J connectivity index is 1.85. The average molecular weight is 348 g/mol. The minimum atomic E-state index is -1.04. The summed E-state index contributed by atoms with van der Waals surface area (Å²) in [5, 5.41) is 27.5. The van der Waals surface area contributed by atoms with Crippen molar-refractivity contribution in [2.45, 2.75) is 0 Å². The lowest BCUT2D eigenvalue weighted by atomic mass is 10.2. The monoisotopic (exact) mass is 348 g/mol. The SMILES string of the molecule is O=C(O)c1cccc(N=Nc2c(-c3ccco3)nc3c(O)cccn23)c1. The molecule has 4 aromatic rings. The Morgan fingerprint density at radius 1 is 1.12 bits per heavy atom. The third kappa shape index (κ3) is 2.69. The van der Waals surface area contributed by atoms with Gasteiger partial charge in [0.2, 0.25) is 0 Å². The fourth-order valence-electron chi connectivity index (χ4n) is 2.52. The van der Waals surface area contributed by atoms with Crippen molar-refractivity contribution in [3.63, 3.8) is 0 Å². The maximum absolute atomic E-state index is 11.1. The van der Waals surface area contributed by atoms with E-state index in [0.717, 1.165) is 0 Å². The van der Waals surface area contributed by atoms with Crippen LogP contribution in [0.4, 0.5) is 11.5 Å². The highest BCUT2D eigenvalue weighted by Crippen LogP contribution is 2.34. The number of hydrogen-bond donors (Lipinski definition) is 2. The number of hydrogen-bond acceptors (Lipinski definition) is 6. The number of carboxylic acid groups (broad SMARTS) is 1. The van der Waals surface area contributed by atoms with Crippen molar-refractivity contribution >= 4 is 23.1 Å². The number of aromatic hydroxyl groups is 1. The highest BCUT2D eigenvalue weighted by atomic mass is 16.4. The van der Waals surface area contributed by atoms with Gasteiger partial charge in [0.15, 0.2) is 28.7 Å². The second-order valence-electron chi connectivity index (χ2n) is 5.40. The second-order valence-corrected chi connectivity index (χ2v) is 5.40. The number of imidazole rings is 1. The molecule has 8 heteroatoms. The molecule has 0 aliphatic heterocycles. The fraction of sp³-hybridized carbons (Fsp3) is 0. The topological polar surface area (TPSA) is 113 Å². The molecule has 4 rings (SSSR count). The minimum absolute atomic E-state index is 0.00497. The standard InChI is InChI=1S/C18H12N4O4/c23-13-6-2-8-22-16(13)19-15(14-7-3-9-26-14)17(22)21-20-12-5-1-4-11(10-12)18(24)25/h1-10,23H,(H,24,25). The van der Waals surface area contributed by atoms with Crippen molar-refractivity contribution in [3.8, 4) is 17.2 Å². The van der Waals surface area contributed by atoms with Crippen molar-refractivity contribution in [2.75, 3.05) is 0 Å². The quantitative estimate of drug-likeness (QED) is 0.530. The van der Waals surface area contributed by atoms with E-state index in [1.807, 2.05) is 0 Å². The van der Waals surface area contributed by atoms with Crippen molar-refractivity contribution in [2.24, 2.45) is 10.2 Å². The third-order valence-corrected chi connectivity index (χ3v) is 3.71. The lowest BCUT2D eigenvalue weighted by Gasteiger charge is -1.99. The molecule has 0 saturated heterocycles. The number of benzene rings is 1. The Labute approximate surface area is 146 Å². The van der Waals surface area contributed by atoms with E-state index >= 15 is 0 Å². The second kappa shape index (κ2) is 6.17. The lowest BCUT2D eigenvalue weighted by Crippen LogP contribution is -1.94. The summed E-state index contributed by atoms with van der Waals surface area (Å²) in [4.78, 5) is 15.5. The molecule has 0 unspecified atom stereocenters. The van der Waals surface area contributed by atoms with Gasteiger partial charge in [-0.25, -0.2) is 9.78 Å². The van der Waals surface area contributed by atoms with Gasteiger partial charge in [0.1, 0.15) is 0 Å². The summed E-state index contributed by atoms with van der Waals surface area (Å²) >= 11 is 0. The molecule has 0 spiro atoms. The number of carbonyl (C=O) groups is 1. The summed E-state index contributed by atoms with van der Waals surface area (Å²) in [5.74, 6) is -0.222. The fourth-order valence-corrected chi connectivity index (χ4v) is 2.52. The summed E-state index contributed by atoms with van der Waals surface area (Å²) in [6, 6.07) is 12.7. The van der Waals surface area contributed by atoms with Gasteiger partial charge in [0.25, 0.3) is 0 Å². The van der Waals surface area contributed by atoms with E-state index in [1.54, 1.807) is 40.9 Å². The first-order valence-electron chi connectivity index (χ1n) is 7.62. The van der Waals surface area contributed by atoms with Crippen LogP contribution in [0.2, 0.25) is 0 Å². The Morgan fingerprint density at radius 3 is 2.77 bits per heavy atom. The lowest BCUT2D eigenvalue weighted by molar-refractivity contribution is 0.0697. The van der Waals surface area contributed by atoms with Crippen LogP contribution in [-0.2, 0) is 0 Å². The van der Waals surface area contributed by atoms with Crippen molar-refractivity contribution in [1.29, 1.82) is 0 Å². The number of azo groups is 1. The van der Waals surface area contributed by atoms with E-state index in [4.69, 9.17) is 9.52 Å². The van der Waals surface area contributed by atoms with Gasteiger partial charge in [-0.1, -0.05) is 6.07 Å². The maximum atomic E-state index is 11.1. The summed E-state index contributed by atoms with van der Waals surface area (Å²) in [6.45, 7) is 0. The van der Waals surface area contributed by atoms with Crippen LogP contribution in [-0.4, -0.2) is 25.6 Å². The number of fused-ring (bicyclic) bond motifs is 1. The maximum Gasteiger partial charge on any atom is 0.335 e. The average Bonchev–Trinajstić information content (AvgIpc) is 3.28. The Kier molecular flexibility index (Phi) is 3.70. The normalized spacial score (nSPS) is 11.4. The highest BCUT2D eigenvalue weighted by Gasteiger charge is 2.18. The van der Waals surface area contributed by atoms with Crippen LogP contribution in [0, 0.1) is 0 Å². The summed E-state index contributed by atoms with van der Waals surface area (Å²) in [5.41, 5.74) is 1.22.